The number of urea groups is 1. The summed E-state index contributed by atoms with van der Waals surface area (Å²) in [6.45, 7) is 0. The van der Waals surface area contributed by atoms with Crippen molar-refractivity contribution in [1.82, 2.24) is 5.32 Å². The number of carbonyl (C=O) groups is 2. The summed E-state index contributed by atoms with van der Waals surface area (Å²) in [6, 6.07) is 6.51. The number of nitrogens with one attached hydrogen (secondary N) is 2. The molecule has 0 saturated carbocycles. The first-order valence-corrected chi connectivity index (χ1v) is 4.61. The van der Waals surface area contributed by atoms with E-state index in [1.807, 2.05) is 0 Å². The number of hydrogen-bond acceptors (Lipinski definition) is 2. The Balaban J connectivity index is 2.68. The van der Waals surface area contributed by atoms with E-state index in [1.165, 1.54) is 13.1 Å². The Morgan fingerprint density at radius 3 is 2.38 bits per heavy atom. The molecule has 5 heteroatoms. The molecule has 3 N–H and O–H groups in total. The van der Waals surface area contributed by atoms with Gasteiger partial charge in [0.05, 0.1) is 0 Å². The largest absolute Gasteiger partial charge is 0.478 e. The average Bonchev–Trinajstić information content (AvgIpc) is 2.28. The second kappa shape index (κ2) is 5.55. The molecule has 0 saturated heterocycles. The molecule has 0 aliphatic rings. The van der Waals surface area contributed by atoms with Gasteiger partial charge in [-0.1, -0.05) is 12.1 Å². The smallest absolute Gasteiger partial charge is 0.328 e. The van der Waals surface area contributed by atoms with E-state index in [2.05, 4.69) is 10.6 Å². The molecule has 0 spiro atoms. The minimum absolute atomic E-state index is 0.297. The fraction of sp³-hybridized carbons (Fsp3) is 0.0909. The maximum Gasteiger partial charge on any atom is 0.328 e. The van der Waals surface area contributed by atoms with E-state index in [4.69, 9.17) is 5.11 Å². The molecular weight excluding hydrogens is 208 g/mol. The van der Waals surface area contributed by atoms with E-state index >= 15 is 0 Å². The first-order valence-electron chi connectivity index (χ1n) is 4.61. The van der Waals surface area contributed by atoms with Crippen LogP contribution in [-0.2, 0) is 4.79 Å². The van der Waals surface area contributed by atoms with Gasteiger partial charge in [-0.25, -0.2) is 9.59 Å². The van der Waals surface area contributed by atoms with Crippen LogP contribution in [0.5, 0.6) is 0 Å². The van der Waals surface area contributed by atoms with Crippen LogP contribution in [0, 0.1) is 0 Å². The summed E-state index contributed by atoms with van der Waals surface area (Å²) in [5.74, 6) is -0.993. The number of hydrogen-bond donors (Lipinski definition) is 3. The van der Waals surface area contributed by atoms with Gasteiger partial charge in [-0.3, -0.25) is 0 Å². The van der Waals surface area contributed by atoms with Crippen LogP contribution in [0.4, 0.5) is 10.5 Å². The van der Waals surface area contributed by atoms with Gasteiger partial charge in [0.15, 0.2) is 0 Å². The van der Waals surface area contributed by atoms with E-state index in [0.29, 0.717) is 5.69 Å². The summed E-state index contributed by atoms with van der Waals surface area (Å²) >= 11 is 0. The van der Waals surface area contributed by atoms with Crippen molar-refractivity contribution in [3.05, 3.63) is 35.9 Å². The summed E-state index contributed by atoms with van der Waals surface area (Å²) in [5, 5.41) is 13.4. The normalized spacial score (nSPS) is 10.1. The Kier molecular flexibility index (Phi) is 4.08. The van der Waals surface area contributed by atoms with Crippen LogP contribution < -0.4 is 10.6 Å². The second-order valence-corrected chi connectivity index (χ2v) is 3.00. The summed E-state index contributed by atoms with van der Waals surface area (Å²) in [7, 11) is 1.53. The molecule has 0 heterocycles. The van der Waals surface area contributed by atoms with Crippen molar-refractivity contribution in [3.8, 4) is 0 Å². The number of rotatable bonds is 3. The Bertz CT molecular complexity index is 410. The molecule has 1 rings (SSSR count). The molecule has 5 nitrogen and oxygen atoms in total. The molecular formula is C11H12N2O3. The topological polar surface area (TPSA) is 78.4 Å². The molecule has 16 heavy (non-hydrogen) atoms. The average molecular weight is 220 g/mol. The predicted octanol–water partition coefficient (Wildman–Crippen LogP) is 1.54. The monoisotopic (exact) mass is 220 g/mol. The lowest BCUT2D eigenvalue weighted by Crippen LogP contribution is -2.24. The minimum Gasteiger partial charge on any atom is -0.478 e. The van der Waals surface area contributed by atoms with Gasteiger partial charge in [0, 0.05) is 18.8 Å². The summed E-state index contributed by atoms with van der Waals surface area (Å²) in [5.41, 5.74) is 1.40. The zero-order chi connectivity index (χ0) is 12.0. The molecule has 0 unspecified atom stereocenters. The first kappa shape index (κ1) is 11.8. The van der Waals surface area contributed by atoms with Crippen LogP contribution in [0.15, 0.2) is 30.3 Å². The van der Waals surface area contributed by atoms with E-state index in [-0.39, 0.29) is 6.03 Å². The second-order valence-electron chi connectivity index (χ2n) is 3.00. The minimum atomic E-state index is -0.993. The molecule has 84 valence electrons. The number of carbonyl (C=O) groups excluding carboxylic acids is 1. The fourth-order valence-corrected chi connectivity index (χ4v) is 1.04. The number of carboxylic acid groups (broad SMARTS) is 1. The number of benzene rings is 1. The van der Waals surface area contributed by atoms with Crippen LogP contribution in [0.1, 0.15) is 5.56 Å². The lowest BCUT2D eigenvalue weighted by Gasteiger charge is -2.03. The molecule has 0 aliphatic heterocycles. The van der Waals surface area contributed by atoms with Crippen molar-refractivity contribution in [1.29, 1.82) is 0 Å². The molecule has 0 aliphatic carbocycles. The number of carboxylic acids is 1. The zero-order valence-corrected chi connectivity index (χ0v) is 8.73. The summed E-state index contributed by atoms with van der Waals surface area (Å²) < 4.78 is 0. The third-order valence-electron chi connectivity index (χ3n) is 1.81. The van der Waals surface area contributed by atoms with Crippen molar-refractivity contribution in [2.45, 2.75) is 0 Å². The maximum atomic E-state index is 11.0. The number of aliphatic carboxylic acids is 1. The van der Waals surface area contributed by atoms with Crippen molar-refractivity contribution < 1.29 is 14.7 Å². The molecule has 0 radical (unpaired) electrons. The predicted molar refractivity (Wildman–Crippen MR) is 61.2 cm³/mol. The highest BCUT2D eigenvalue weighted by Crippen LogP contribution is 2.10. The quantitative estimate of drug-likeness (QED) is 0.676. The SMILES string of the molecule is CNC(=O)Nc1ccc(C=CC(=O)O)cc1. The number of anilines is 1. The lowest BCUT2D eigenvalue weighted by atomic mass is 10.2. The maximum absolute atomic E-state index is 11.0. The van der Waals surface area contributed by atoms with Gasteiger partial charge >= 0.3 is 12.0 Å². The zero-order valence-electron chi connectivity index (χ0n) is 8.73. The van der Waals surface area contributed by atoms with Crippen LogP contribution in [-0.4, -0.2) is 24.2 Å². The van der Waals surface area contributed by atoms with Gasteiger partial charge in [0.1, 0.15) is 0 Å². The number of amides is 2. The van der Waals surface area contributed by atoms with Crippen molar-refractivity contribution in [2.75, 3.05) is 12.4 Å². The van der Waals surface area contributed by atoms with E-state index < -0.39 is 5.97 Å². The molecule has 1 aromatic carbocycles. The fourth-order valence-electron chi connectivity index (χ4n) is 1.04. The molecule has 0 bridgehead atoms. The van der Waals surface area contributed by atoms with Crippen LogP contribution in [0.3, 0.4) is 0 Å². The third kappa shape index (κ3) is 3.83. The Hall–Kier alpha value is -2.30. The van der Waals surface area contributed by atoms with Crippen molar-refractivity contribution in [3.63, 3.8) is 0 Å². The summed E-state index contributed by atoms with van der Waals surface area (Å²) in [6.07, 6.45) is 2.53. The highest BCUT2D eigenvalue weighted by atomic mass is 16.4. The van der Waals surface area contributed by atoms with Gasteiger partial charge < -0.3 is 15.7 Å². The van der Waals surface area contributed by atoms with Gasteiger partial charge in [0.2, 0.25) is 0 Å². The van der Waals surface area contributed by atoms with Gasteiger partial charge in [-0.15, -0.1) is 0 Å². The molecule has 1 aromatic rings. The summed E-state index contributed by atoms with van der Waals surface area (Å²) in [4.78, 5) is 21.2. The highest BCUT2D eigenvalue weighted by molar-refractivity contribution is 5.89. The van der Waals surface area contributed by atoms with E-state index in [0.717, 1.165) is 11.6 Å². The highest BCUT2D eigenvalue weighted by Gasteiger charge is 1.97. The van der Waals surface area contributed by atoms with E-state index in [1.54, 1.807) is 24.3 Å². The van der Waals surface area contributed by atoms with E-state index in [9.17, 15) is 9.59 Å². The molecule has 0 fully saturated rings. The Labute approximate surface area is 92.8 Å². The third-order valence-corrected chi connectivity index (χ3v) is 1.81. The van der Waals surface area contributed by atoms with Crippen molar-refractivity contribution >= 4 is 23.8 Å². The van der Waals surface area contributed by atoms with Crippen LogP contribution >= 0.6 is 0 Å². The first-order chi connectivity index (χ1) is 7.61. The molecule has 2 amide bonds. The lowest BCUT2D eigenvalue weighted by molar-refractivity contribution is -0.131. The standard InChI is InChI=1S/C11H12N2O3/c1-12-11(16)13-9-5-2-8(3-6-9)4-7-10(14)15/h2-7H,1H3,(H,14,15)(H2,12,13,16). The molecule has 0 atom stereocenters. The van der Waals surface area contributed by atoms with Crippen molar-refractivity contribution in [2.24, 2.45) is 0 Å². The van der Waals surface area contributed by atoms with Gasteiger partial charge in [-0.05, 0) is 23.8 Å². The van der Waals surface area contributed by atoms with Gasteiger partial charge in [0.25, 0.3) is 0 Å². The Morgan fingerprint density at radius 2 is 1.88 bits per heavy atom. The van der Waals surface area contributed by atoms with Crippen LogP contribution in [0.2, 0.25) is 0 Å². The molecule has 0 aromatic heterocycles. The van der Waals surface area contributed by atoms with Crippen LogP contribution in [0.25, 0.3) is 6.08 Å². The Morgan fingerprint density at radius 1 is 1.25 bits per heavy atom. The van der Waals surface area contributed by atoms with Gasteiger partial charge in [-0.2, -0.15) is 0 Å².